The highest BCUT2D eigenvalue weighted by molar-refractivity contribution is 7.43. The highest BCUT2D eigenvalue weighted by Crippen LogP contribution is 2.22. The Morgan fingerprint density at radius 3 is 1.88 bits per heavy atom. The van der Waals surface area contributed by atoms with Gasteiger partial charge < -0.3 is 13.0 Å². The summed E-state index contributed by atoms with van der Waals surface area (Å²) in [5.74, 6) is 0. The maximum absolute atomic E-state index is 5.98. The summed E-state index contributed by atoms with van der Waals surface area (Å²) in [6.07, 6.45) is 0. The summed E-state index contributed by atoms with van der Waals surface area (Å²) in [6, 6.07) is 9.45. The molecule has 1 aromatic carbocycles. The molecule has 1 aromatic rings. The monoisotopic (exact) mass is 296 g/mol. The van der Waals surface area contributed by atoms with Crippen LogP contribution in [0.5, 0.6) is 0 Å². The van der Waals surface area contributed by atoms with Gasteiger partial charge in [-0.1, -0.05) is 30.3 Å². The molecule has 0 unspecified atom stereocenters. The van der Waals surface area contributed by atoms with E-state index in [1.54, 1.807) is 6.55 Å². The maximum Gasteiger partial charge on any atom is 0.527 e. The van der Waals surface area contributed by atoms with Crippen LogP contribution in [0.1, 0.15) is 0 Å². The molecule has 0 aliphatic heterocycles. The Kier molecular flexibility index (Phi) is 4.99. The minimum absolute atomic E-state index is 0.847. The lowest BCUT2D eigenvalue weighted by molar-refractivity contribution is 0.179. The van der Waals surface area contributed by atoms with Gasteiger partial charge in [0.05, 0.1) is 0 Å². The first kappa shape index (κ1) is 14.2. The lowest BCUT2D eigenvalue weighted by atomic mass is 10.4. The lowest BCUT2D eigenvalue weighted by Crippen LogP contribution is -2.58. The predicted molar refractivity (Wildman–Crippen MR) is 70.3 cm³/mol. The molecule has 0 spiro atoms. The first-order valence-corrected chi connectivity index (χ1v) is 10.8. The lowest BCUT2D eigenvalue weighted by Gasteiger charge is -2.30. The van der Waals surface area contributed by atoms with Crippen molar-refractivity contribution in [3.63, 3.8) is 0 Å². The molecule has 7 heteroatoms. The number of hydrogen-bond donors (Lipinski definition) is 0. The molecule has 0 heterocycles. The molecule has 3 nitrogen and oxygen atoms in total. The van der Waals surface area contributed by atoms with Gasteiger partial charge in [0.1, 0.15) is 0 Å². The molecule has 0 atom stereocenters. The third kappa shape index (κ3) is 3.56. The summed E-state index contributed by atoms with van der Waals surface area (Å²) in [5, 5.41) is 0.847. The Balaban J connectivity index is 3.06. The molecule has 0 saturated carbocycles. The number of benzene rings is 1. The first-order chi connectivity index (χ1) is 7.43. The van der Waals surface area contributed by atoms with Gasteiger partial charge >= 0.3 is 15.7 Å². The van der Waals surface area contributed by atoms with E-state index >= 15 is 0 Å². The van der Waals surface area contributed by atoms with Crippen LogP contribution in [0.2, 0.25) is 6.55 Å². The van der Waals surface area contributed by atoms with Gasteiger partial charge in [0, 0.05) is 19.4 Å². The Morgan fingerprint density at radius 1 is 1.00 bits per heavy atom. The molecule has 0 N–H and O–H groups in total. The second-order valence-electron chi connectivity index (χ2n) is 3.24. The van der Waals surface area contributed by atoms with E-state index in [1.807, 2.05) is 30.3 Å². The molecule has 16 heavy (non-hydrogen) atoms. The van der Waals surface area contributed by atoms with Crippen molar-refractivity contribution in [1.29, 1.82) is 0 Å². The molecule has 0 fully saturated rings. The summed E-state index contributed by atoms with van der Waals surface area (Å²) >= 11 is 12.0. The number of hydrogen-bond acceptors (Lipinski definition) is 3. The molecule has 0 aromatic heterocycles. The van der Waals surface area contributed by atoms with Crippen molar-refractivity contribution in [2.75, 3.05) is 14.2 Å². The van der Waals surface area contributed by atoms with Crippen LogP contribution in [-0.2, 0) is 13.0 Å². The van der Waals surface area contributed by atoms with Gasteiger partial charge in [-0.05, 0) is 6.55 Å². The van der Waals surface area contributed by atoms with Crippen molar-refractivity contribution in [1.82, 2.24) is 0 Å². The van der Waals surface area contributed by atoms with E-state index in [1.165, 1.54) is 14.2 Å². The van der Waals surface area contributed by atoms with Gasteiger partial charge in [-0.15, -0.1) is 22.2 Å². The number of halogens is 2. The molecule has 0 bridgehead atoms. The molecular weight excluding hydrogens is 283 g/mol. The normalized spacial score (nSPS) is 12.8. The summed E-state index contributed by atoms with van der Waals surface area (Å²) in [4.78, 5) is 0. The standard InChI is InChI=1S/C9H14Cl2O3Si2/c1-12-16(13-2,14-15(3,10)11)9-7-5-4-6-8-9/h4-8H,1-3H3. The molecule has 1 rings (SSSR count). The van der Waals surface area contributed by atoms with E-state index in [9.17, 15) is 0 Å². The largest absolute Gasteiger partial charge is 0.527 e. The third-order valence-corrected chi connectivity index (χ3v) is 7.99. The zero-order chi connectivity index (χ0) is 12.2. The molecule has 0 aliphatic rings. The minimum Gasteiger partial charge on any atom is -0.387 e. The zero-order valence-corrected chi connectivity index (χ0v) is 12.9. The molecule has 0 amide bonds. The van der Waals surface area contributed by atoms with Crippen LogP contribution in [0.4, 0.5) is 0 Å². The zero-order valence-electron chi connectivity index (χ0n) is 9.37. The average Bonchev–Trinajstić information content (AvgIpc) is 2.26. The van der Waals surface area contributed by atoms with E-state index in [2.05, 4.69) is 0 Å². The predicted octanol–water partition coefficient (Wildman–Crippen LogP) is 2.19. The van der Waals surface area contributed by atoms with Crippen LogP contribution < -0.4 is 5.19 Å². The summed E-state index contributed by atoms with van der Waals surface area (Å²) < 4.78 is 16.5. The summed E-state index contributed by atoms with van der Waals surface area (Å²) in [5.41, 5.74) is 0. The van der Waals surface area contributed by atoms with E-state index in [0.717, 1.165) is 5.19 Å². The van der Waals surface area contributed by atoms with E-state index in [4.69, 9.17) is 35.1 Å². The van der Waals surface area contributed by atoms with Gasteiger partial charge in [0.25, 0.3) is 0 Å². The van der Waals surface area contributed by atoms with E-state index in [-0.39, 0.29) is 0 Å². The van der Waals surface area contributed by atoms with Crippen LogP contribution in [0, 0.1) is 0 Å². The van der Waals surface area contributed by atoms with Crippen molar-refractivity contribution < 1.29 is 13.0 Å². The van der Waals surface area contributed by atoms with E-state index < -0.39 is 15.7 Å². The Hall–Kier alpha value is 0.114. The second kappa shape index (κ2) is 5.64. The van der Waals surface area contributed by atoms with Crippen LogP contribution in [0.25, 0.3) is 0 Å². The summed E-state index contributed by atoms with van der Waals surface area (Å²) in [6.45, 7) is -1.10. The second-order valence-corrected chi connectivity index (χ2v) is 13.1. The molecule has 0 radical (unpaired) electrons. The topological polar surface area (TPSA) is 27.7 Å². The van der Waals surface area contributed by atoms with Crippen molar-refractivity contribution in [2.24, 2.45) is 0 Å². The summed E-state index contributed by atoms with van der Waals surface area (Å²) in [7, 11) is 0.120. The Labute approximate surface area is 107 Å². The highest BCUT2D eigenvalue weighted by atomic mass is 35.7. The fourth-order valence-corrected chi connectivity index (χ4v) is 7.43. The van der Waals surface area contributed by atoms with Gasteiger partial charge in [0.15, 0.2) is 0 Å². The van der Waals surface area contributed by atoms with Crippen molar-refractivity contribution in [2.45, 2.75) is 6.55 Å². The van der Waals surface area contributed by atoms with Gasteiger partial charge in [0.2, 0.25) is 0 Å². The Morgan fingerprint density at radius 2 is 1.50 bits per heavy atom. The minimum atomic E-state index is -2.96. The molecule has 0 aliphatic carbocycles. The smallest absolute Gasteiger partial charge is 0.387 e. The van der Waals surface area contributed by atoms with Gasteiger partial charge in [-0.3, -0.25) is 0 Å². The molecule has 0 saturated heterocycles. The van der Waals surface area contributed by atoms with Crippen LogP contribution >= 0.6 is 22.2 Å². The van der Waals surface area contributed by atoms with Crippen molar-refractivity contribution in [3.8, 4) is 0 Å². The fourth-order valence-electron chi connectivity index (χ4n) is 1.34. The van der Waals surface area contributed by atoms with Gasteiger partial charge in [-0.25, -0.2) is 0 Å². The van der Waals surface area contributed by atoms with Gasteiger partial charge in [-0.2, -0.15) is 0 Å². The SMILES string of the molecule is CO[Si](OC)(O[Si](C)(Cl)Cl)c1ccccc1. The quantitative estimate of drug-likeness (QED) is 0.616. The third-order valence-electron chi connectivity index (χ3n) is 1.98. The van der Waals surface area contributed by atoms with Crippen LogP contribution in [-0.4, -0.2) is 30.0 Å². The van der Waals surface area contributed by atoms with Crippen LogP contribution in [0.3, 0.4) is 0 Å². The first-order valence-electron chi connectivity index (χ1n) is 4.67. The van der Waals surface area contributed by atoms with Crippen molar-refractivity contribution in [3.05, 3.63) is 30.3 Å². The molecular formula is C9H14Cl2O3Si2. The average molecular weight is 297 g/mol. The van der Waals surface area contributed by atoms with E-state index in [0.29, 0.717) is 0 Å². The van der Waals surface area contributed by atoms with Crippen LogP contribution in [0.15, 0.2) is 30.3 Å². The molecule has 90 valence electrons. The Bertz CT molecular complexity index is 325. The number of rotatable bonds is 5. The maximum atomic E-state index is 5.98. The van der Waals surface area contributed by atoms with Crippen molar-refractivity contribution >= 4 is 43.1 Å². The highest BCUT2D eigenvalue weighted by Gasteiger charge is 2.47. The fraction of sp³-hybridized carbons (Fsp3) is 0.333.